The molecule has 0 radical (unpaired) electrons. The maximum absolute atomic E-state index is 14.5. The molecular formula is C21H18F3N5O5P+. The summed E-state index contributed by atoms with van der Waals surface area (Å²) in [5, 5.41) is 6.24. The number of hydrogen-bond acceptors (Lipinski definition) is 7. The molecular weight excluding hydrogens is 490 g/mol. The zero-order chi connectivity index (χ0) is 25.2. The van der Waals surface area contributed by atoms with Crippen molar-refractivity contribution in [2.45, 2.75) is 13.2 Å². The van der Waals surface area contributed by atoms with E-state index in [2.05, 4.69) is 20.0 Å². The quantitative estimate of drug-likeness (QED) is 0.208. The lowest BCUT2D eigenvalue weighted by atomic mass is 10.1. The first-order valence-corrected chi connectivity index (χ1v) is 11.4. The van der Waals surface area contributed by atoms with Crippen LogP contribution in [-0.2, 0) is 22.2 Å². The highest BCUT2D eigenvalue weighted by atomic mass is 31.2. The van der Waals surface area contributed by atoms with Crippen molar-refractivity contribution in [3.05, 3.63) is 83.6 Å². The average Bonchev–Trinajstić information content (AvgIpc) is 3.24. The normalized spacial score (nSPS) is 11.6. The molecule has 3 aromatic heterocycles. The van der Waals surface area contributed by atoms with E-state index >= 15 is 0 Å². The Bertz CT molecular complexity index is 1410. The van der Waals surface area contributed by atoms with Crippen molar-refractivity contribution in [1.29, 1.82) is 0 Å². The van der Waals surface area contributed by atoms with Gasteiger partial charge in [0.15, 0.2) is 17.4 Å². The minimum atomic E-state index is -4.70. The molecule has 0 unspecified atom stereocenters. The van der Waals surface area contributed by atoms with Gasteiger partial charge in [0, 0.05) is 18.7 Å². The summed E-state index contributed by atoms with van der Waals surface area (Å²) in [6, 6.07) is 9.13. The van der Waals surface area contributed by atoms with E-state index < -0.39 is 37.7 Å². The lowest BCUT2D eigenvalue weighted by molar-refractivity contribution is -0.711. The molecule has 0 fully saturated rings. The number of hydrogen-bond donors (Lipinski definition) is 4. The fraction of sp³-hybridized carbons (Fsp3) is 0.0952. The van der Waals surface area contributed by atoms with Gasteiger partial charge in [-0.1, -0.05) is 11.2 Å². The number of halogens is 3. The van der Waals surface area contributed by atoms with E-state index in [0.717, 1.165) is 18.2 Å². The third kappa shape index (κ3) is 5.84. The fourth-order valence-corrected chi connectivity index (χ4v) is 3.43. The molecule has 0 atom stereocenters. The summed E-state index contributed by atoms with van der Waals surface area (Å²) < 4.78 is 64.1. The van der Waals surface area contributed by atoms with Crippen molar-refractivity contribution in [2.24, 2.45) is 0 Å². The maximum atomic E-state index is 14.5. The van der Waals surface area contributed by atoms with Crippen molar-refractivity contribution >= 4 is 25.1 Å². The van der Waals surface area contributed by atoms with Gasteiger partial charge in [0.05, 0.1) is 11.9 Å². The van der Waals surface area contributed by atoms with Gasteiger partial charge in [-0.05, 0) is 35.9 Å². The van der Waals surface area contributed by atoms with Gasteiger partial charge in [0.2, 0.25) is 6.73 Å². The summed E-state index contributed by atoms with van der Waals surface area (Å²) in [7, 11) is -4.70. The van der Waals surface area contributed by atoms with Crippen LogP contribution in [0.1, 0.15) is 11.3 Å². The number of anilines is 3. The molecule has 35 heavy (non-hydrogen) atoms. The Morgan fingerprint density at radius 1 is 1.11 bits per heavy atom. The molecule has 4 aromatic rings. The Hall–Kier alpha value is -3.77. The van der Waals surface area contributed by atoms with Crippen LogP contribution in [0.25, 0.3) is 11.3 Å². The van der Waals surface area contributed by atoms with Crippen LogP contribution in [0.5, 0.6) is 0 Å². The largest absolute Gasteiger partial charge is 0.472 e. The second-order valence-electron chi connectivity index (χ2n) is 7.28. The molecule has 10 nitrogen and oxygen atoms in total. The number of phosphoric ester groups is 1. The van der Waals surface area contributed by atoms with Crippen LogP contribution < -0.4 is 15.6 Å². The number of aromatic nitrogens is 3. The van der Waals surface area contributed by atoms with Gasteiger partial charge in [-0.15, -0.1) is 0 Å². The highest BCUT2D eigenvalue weighted by Gasteiger charge is 2.21. The molecule has 1 aromatic carbocycles. The van der Waals surface area contributed by atoms with Crippen molar-refractivity contribution < 1.29 is 41.1 Å². The van der Waals surface area contributed by atoms with E-state index in [9.17, 15) is 17.7 Å². The Balaban J connectivity index is 1.50. The second-order valence-corrected chi connectivity index (χ2v) is 8.52. The highest BCUT2D eigenvalue weighted by molar-refractivity contribution is 7.46. The summed E-state index contributed by atoms with van der Waals surface area (Å²) in [4.78, 5) is 21.6. The molecule has 5 N–H and O–H groups in total. The minimum absolute atomic E-state index is 0.104. The van der Waals surface area contributed by atoms with Gasteiger partial charge in [-0.2, -0.15) is 0 Å². The van der Waals surface area contributed by atoms with Crippen molar-refractivity contribution in [1.82, 2.24) is 10.1 Å². The van der Waals surface area contributed by atoms with E-state index in [4.69, 9.17) is 20.0 Å². The highest BCUT2D eigenvalue weighted by Crippen LogP contribution is 2.35. The first kappa shape index (κ1) is 24.4. The zero-order valence-corrected chi connectivity index (χ0v) is 18.6. The number of nitrogens with zero attached hydrogens (tertiary/aromatic N) is 3. The number of benzene rings is 1. The van der Waals surface area contributed by atoms with Crippen LogP contribution in [0.15, 0.2) is 59.4 Å². The average molecular weight is 508 g/mol. The van der Waals surface area contributed by atoms with Gasteiger partial charge in [0.25, 0.3) is 5.82 Å². The van der Waals surface area contributed by atoms with E-state index in [1.807, 2.05) is 0 Å². The monoisotopic (exact) mass is 508 g/mol. The summed E-state index contributed by atoms with van der Waals surface area (Å²) in [5.74, 6) is -2.60. The third-order valence-corrected chi connectivity index (χ3v) is 5.24. The molecule has 3 heterocycles. The fourth-order valence-electron chi connectivity index (χ4n) is 3.15. The smallest absolute Gasteiger partial charge is 0.356 e. The van der Waals surface area contributed by atoms with Gasteiger partial charge in [0.1, 0.15) is 22.9 Å². The summed E-state index contributed by atoms with van der Waals surface area (Å²) >= 11 is 0. The van der Waals surface area contributed by atoms with Crippen LogP contribution in [0.3, 0.4) is 0 Å². The van der Waals surface area contributed by atoms with E-state index in [1.54, 1.807) is 18.2 Å². The summed E-state index contributed by atoms with van der Waals surface area (Å²) in [6.07, 6.45) is 2.90. The number of phosphoric acid groups is 1. The SMILES string of the molecule is Nc1c(-c2cc(Cc3cnc(Nc4c(F)cccc4F)c(F)c3)no2)ccc[n+]1COP(=O)(O)O. The maximum Gasteiger partial charge on any atom is 0.472 e. The first-order valence-electron chi connectivity index (χ1n) is 9.90. The van der Waals surface area contributed by atoms with E-state index in [-0.39, 0.29) is 23.8 Å². The van der Waals surface area contributed by atoms with Gasteiger partial charge in [-0.25, -0.2) is 31.8 Å². The Morgan fingerprint density at radius 3 is 2.54 bits per heavy atom. The van der Waals surface area contributed by atoms with Crippen LogP contribution >= 0.6 is 7.82 Å². The number of nitrogen functional groups attached to an aromatic ring is 1. The number of nitrogens with one attached hydrogen (secondary N) is 1. The lowest BCUT2D eigenvalue weighted by Crippen LogP contribution is -2.38. The zero-order valence-electron chi connectivity index (χ0n) is 17.7. The molecule has 182 valence electrons. The Morgan fingerprint density at radius 2 is 1.86 bits per heavy atom. The molecule has 4 rings (SSSR count). The van der Waals surface area contributed by atoms with Crippen LogP contribution in [0.4, 0.5) is 30.5 Å². The summed E-state index contributed by atoms with van der Waals surface area (Å²) in [6.45, 7) is -0.493. The predicted octanol–water partition coefficient (Wildman–Crippen LogP) is 3.42. The molecule has 0 aliphatic carbocycles. The summed E-state index contributed by atoms with van der Waals surface area (Å²) in [5.41, 5.74) is 6.73. The number of nitrogens with two attached hydrogens (primary N) is 1. The number of rotatable bonds is 8. The Kier molecular flexibility index (Phi) is 6.85. The molecule has 14 heteroatoms. The first-order chi connectivity index (χ1) is 16.6. The van der Waals surface area contributed by atoms with Crippen molar-refractivity contribution in [2.75, 3.05) is 11.1 Å². The topological polar surface area (TPSA) is 148 Å². The van der Waals surface area contributed by atoms with Gasteiger partial charge >= 0.3 is 7.82 Å². The van der Waals surface area contributed by atoms with Crippen LogP contribution in [0, 0.1) is 17.5 Å². The number of pyridine rings is 2. The molecule has 0 saturated heterocycles. The lowest BCUT2D eigenvalue weighted by Gasteiger charge is -2.09. The minimum Gasteiger partial charge on any atom is -0.356 e. The van der Waals surface area contributed by atoms with Gasteiger partial charge < -0.3 is 19.6 Å². The van der Waals surface area contributed by atoms with Crippen molar-refractivity contribution in [3.8, 4) is 11.3 Å². The molecule has 0 aliphatic rings. The van der Waals surface area contributed by atoms with Crippen LogP contribution in [-0.4, -0.2) is 19.9 Å². The van der Waals surface area contributed by atoms with Crippen molar-refractivity contribution in [3.63, 3.8) is 0 Å². The Labute approximate surface area is 196 Å². The molecule has 0 bridgehead atoms. The predicted molar refractivity (Wildman–Crippen MR) is 116 cm³/mol. The second kappa shape index (κ2) is 9.84. The van der Waals surface area contributed by atoms with Crippen LogP contribution in [0.2, 0.25) is 0 Å². The standard InChI is InChI=1S/C21H17F3N5O5P/c22-15-4-1-5-16(23)19(15)27-21-17(24)8-12(10-26-21)7-13-9-18(34-28-13)14-3-2-6-29(20(14)25)11-33-35(30,31)32/h1-6,8-10,25H,7,11H2,(H3,26,27,30,31,32)/p+1. The van der Waals surface area contributed by atoms with Gasteiger partial charge in [-0.3, -0.25) is 5.73 Å². The molecule has 0 aliphatic heterocycles. The number of para-hydroxylation sites is 1. The van der Waals surface area contributed by atoms with E-state index in [0.29, 0.717) is 16.8 Å². The molecule has 0 amide bonds. The van der Waals surface area contributed by atoms with E-state index in [1.165, 1.54) is 23.0 Å². The third-order valence-electron chi connectivity index (χ3n) is 4.79. The molecule has 0 saturated carbocycles. The molecule has 0 spiro atoms.